The monoisotopic (exact) mass is 591 g/mol. The fourth-order valence-corrected chi connectivity index (χ4v) is 4.09. The van der Waals surface area contributed by atoms with Gasteiger partial charge in [0.25, 0.3) is 0 Å². The first-order chi connectivity index (χ1) is 14.4. The number of aliphatic imine (C=N–C) groups is 1. The van der Waals surface area contributed by atoms with Gasteiger partial charge in [0, 0.05) is 16.8 Å². The maximum atomic E-state index is 12.2. The molecule has 0 fully saturated rings. The molecule has 0 amide bonds. The first kappa shape index (κ1) is 22.5. The van der Waals surface area contributed by atoms with Crippen LogP contribution in [-0.4, -0.2) is 19.3 Å². The Balaban J connectivity index is 1.69. The summed E-state index contributed by atoms with van der Waals surface area (Å²) in [5, 5.41) is 0. The van der Waals surface area contributed by atoms with Gasteiger partial charge in [-0.1, -0.05) is 28.1 Å². The molecular weight excluding hydrogens is 578 g/mol. The summed E-state index contributed by atoms with van der Waals surface area (Å²) in [7, 11) is 1.62. The molecular formula is C23H16Br3NO3. The van der Waals surface area contributed by atoms with Crippen molar-refractivity contribution in [1.29, 1.82) is 0 Å². The van der Waals surface area contributed by atoms with Crippen LogP contribution in [0.4, 0.5) is 5.69 Å². The van der Waals surface area contributed by atoms with Crippen LogP contribution in [0.25, 0.3) is 6.08 Å². The van der Waals surface area contributed by atoms with E-state index < -0.39 is 5.97 Å². The molecule has 0 aromatic heterocycles. The lowest BCUT2D eigenvalue weighted by atomic mass is 10.2. The molecule has 0 saturated heterocycles. The summed E-state index contributed by atoms with van der Waals surface area (Å²) in [6.45, 7) is 0. The minimum Gasteiger partial charge on any atom is -0.497 e. The van der Waals surface area contributed by atoms with Gasteiger partial charge in [-0.25, -0.2) is 4.79 Å². The van der Waals surface area contributed by atoms with Gasteiger partial charge in [0.15, 0.2) is 5.75 Å². The van der Waals surface area contributed by atoms with Gasteiger partial charge in [-0.15, -0.1) is 0 Å². The van der Waals surface area contributed by atoms with Crippen LogP contribution < -0.4 is 9.47 Å². The van der Waals surface area contributed by atoms with Crippen molar-refractivity contribution >= 4 is 71.7 Å². The lowest BCUT2D eigenvalue weighted by Gasteiger charge is -2.08. The smallest absolute Gasteiger partial charge is 0.336 e. The van der Waals surface area contributed by atoms with E-state index in [0.717, 1.165) is 27.0 Å². The fraction of sp³-hybridized carbons (Fsp3) is 0.0435. The SMILES string of the molecule is COc1ccc(N=Cc2cc(Br)c(OC(=O)C=Cc3ccc(Br)cc3)c(Br)c2)cc1. The number of carbonyl (C=O) groups excluding carboxylic acids is 1. The van der Waals surface area contributed by atoms with Crippen LogP contribution in [0.15, 0.2) is 85.2 Å². The average Bonchev–Trinajstić information content (AvgIpc) is 2.75. The number of esters is 1. The fourth-order valence-electron chi connectivity index (χ4n) is 2.44. The Labute approximate surface area is 200 Å². The Morgan fingerprint density at radius 2 is 1.53 bits per heavy atom. The number of halogens is 3. The Kier molecular flexibility index (Phi) is 8.01. The molecule has 0 aliphatic rings. The number of hydrogen-bond acceptors (Lipinski definition) is 4. The maximum Gasteiger partial charge on any atom is 0.336 e. The van der Waals surface area contributed by atoms with Crippen LogP contribution >= 0.6 is 47.8 Å². The Morgan fingerprint density at radius 1 is 0.900 bits per heavy atom. The van der Waals surface area contributed by atoms with E-state index in [-0.39, 0.29) is 0 Å². The molecule has 3 aromatic rings. The highest BCUT2D eigenvalue weighted by atomic mass is 79.9. The molecule has 152 valence electrons. The number of benzene rings is 3. The third-order valence-corrected chi connectivity index (χ3v) is 5.65. The summed E-state index contributed by atoms with van der Waals surface area (Å²) in [6, 6.07) is 18.7. The predicted octanol–water partition coefficient (Wildman–Crippen LogP) is 7.35. The predicted molar refractivity (Wildman–Crippen MR) is 131 cm³/mol. The van der Waals surface area contributed by atoms with Gasteiger partial charge in [0.1, 0.15) is 5.75 Å². The van der Waals surface area contributed by atoms with Crippen LogP contribution in [0.2, 0.25) is 0 Å². The largest absolute Gasteiger partial charge is 0.497 e. The second kappa shape index (κ2) is 10.7. The molecule has 0 spiro atoms. The van der Waals surface area contributed by atoms with Crippen LogP contribution in [-0.2, 0) is 4.79 Å². The molecule has 0 saturated carbocycles. The van der Waals surface area contributed by atoms with Crippen molar-refractivity contribution in [1.82, 2.24) is 0 Å². The van der Waals surface area contributed by atoms with Gasteiger partial charge in [-0.2, -0.15) is 0 Å². The van der Waals surface area contributed by atoms with Gasteiger partial charge in [-0.05, 0) is 97.6 Å². The van der Waals surface area contributed by atoms with Gasteiger partial charge < -0.3 is 9.47 Å². The standard InChI is InChI=1S/C23H16Br3NO3/c1-29-19-9-7-18(8-10-19)27-14-16-12-20(25)23(21(26)13-16)30-22(28)11-4-15-2-5-17(24)6-3-15/h2-14H,1H3. The minimum atomic E-state index is -0.473. The van der Waals surface area contributed by atoms with Crippen LogP contribution in [0.1, 0.15) is 11.1 Å². The highest BCUT2D eigenvalue weighted by molar-refractivity contribution is 9.11. The molecule has 0 aliphatic heterocycles. The highest BCUT2D eigenvalue weighted by Gasteiger charge is 2.11. The lowest BCUT2D eigenvalue weighted by molar-refractivity contribution is -0.129. The summed E-state index contributed by atoms with van der Waals surface area (Å²) < 4.78 is 12.9. The molecule has 0 aliphatic carbocycles. The van der Waals surface area contributed by atoms with E-state index in [2.05, 4.69) is 52.8 Å². The molecule has 3 aromatic carbocycles. The molecule has 0 atom stereocenters. The van der Waals surface area contributed by atoms with Crippen molar-refractivity contribution in [2.75, 3.05) is 7.11 Å². The van der Waals surface area contributed by atoms with Crippen molar-refractivity contribution in [2.24, 2.45) is 4.99 Å². The second-order valence-electron chi connectivity index (χ2n) is 6.08. The van der Waals surface area contributed by atoms with Gasteiger partial charge in [0.05, 0.1) is 21.7 Å². The molecule has 0 bridgehead atoms. The summed E-state index contributed by atoms with van der Waals surface area (Å²) in [4.78, 5) is 16.7. The first-order valence-electron chi connectivity index (χ1n) is 8.77. The zero-order chi connectivity index (χ0) is 21.5. The zero-order valence-electron chi connectivity index (χ0n) is 15.8. The number of ether oxygens (including phenoxy) is 2. The van der Waals surface area contributed by atoms with Crippen LogP contribution in [0.3, 0.4) is 0 Å². The van der Waals surface area contributed by atoms with E-state index in [1.54, 1.807) is 19.4 Å². The lowest BCUT2D eigenvalue weighted by Crippen LogP contribution is -2.05. The molecule has 3 rings (SSSR count). The summed E-state index contributed by atoms with van der Waals surface area (Å²) in [5.74, 6) is 0.709. The quantitative estimate of drug-likeness (QED) is 0.130. The number of hydrogen-bond donors (Lipinski definition) is 0. The number of carbonyl (C=O) groups is 1. The van der Waals surface area contributed by atoms with Crippen molar-refractivity contribution in [3.63, 3.8) is 0 Å². The van der Waals surface area contributed by atoms with E-state index in [9.17, 15) is 4.79 Å². The molecule has 7 heteroatoms. The topological polar surface area (TPSA) is 47.9 Å². The number of methoxy groups -OCH3 is 1. The highest BCUT2D eigenvalue weighted by Crippen LogP contribution is 2.35. The molecule has 4 nitrogen and oxygen atoms in total. The normalized spacial score (nSPS) is 11.2. The second-order valence-corrected chi connectivity index (χ2v) is 8.70. The molecule has 0 radical (unpaired) electrons. The van der Waals surface area contributed by atoms with Crippen LogP contribution in [0, 0.1) is 0 Å². The Bertz CT molecular complexity index is 1070. The molecule has 30 heavy (non-hydrogen) atoms. The summed E-state index contributed by atoms with van der Waals surface area (Å²) in [5.41, 5.74) is 2.55. The summed E-state index contributed by atoms with van der Waals surface area (Å²) in [6.07, 6.45) is 4.82. The Morgan fingerprint density at radius 3 is 2.13 bits per heavy atom. The number of rotatable bonds is 6. The molecule has 0 heterocycles. The third-order valence-electron chi connectivity index (χ3n) is 3.94. The molecule has 0 unspecified atom stereocenters. The number of nitrogens with zero attached hydrogens (tertiary/aromatic N) is 1. The van der Waals surface area contributed by atoms with E-state index in [4.69, 9.17) is 9.47 Å². The molecule has 0 N–H and O–H groups in total. The van der Waals surface area contributed by atoms with Crippen molar-refractivity contribution < 1.29 is 14.3 Å². The minimum absolute atomic E-state index is 0.405. The van der Waals surface area contributed by atoms with E-state index >= 15 is 0 Å². The maximum absolute atomic E-state index is 12.2. The third kappa shape index (κ3) is 6.39. The van der Waals surface area contributed by atoms with E-state index in [1.807, 2.05) is 60.7 Å². The van der Waals surface area contributed by atoms with Crippen molar-refractivity contribution in [3.8, 4) is 11.5 Å². The van der Waals surface area contributed by atoms with Crippen molar-refractivity contribution in [3.05, 3.63) is 91.3 Å². The average molecular weight is 594 g/mol. The first-order valence-corrected chi connectivity index (χ1v) is 11.1. The van der Waals surface area contributed by atoms with E-state index in [0.29, 0.717) is 14.7 Å². The zero-order valence-corrected chi connectivity index (χ0v) is 20.6. The summed E-state index contributed by atoms with van der Waals surface area (Å²) >= 11 is 10.3. The van der Waals surface area contributed by atoms with Crippen LogP contribution in [0.5, 0.6) is 11.5 Å². The van der Waals surface area contributed by atoms with Gasteiger partial charge >= 0.3 is 5.97 Å². The van der Waals surface area contributed by atoms with Gasteiger partial charge in [0.2, 0.25) is 0 Å². The Hall–Kier alpha value is -2.22. The van der Waals surface area contributed by atoms with E-state index in [1.165, 1.54) is 6.08 Å². The van der Waals surface area contributed by atoms with Gasteiger partial charge in [-0.3, -0.25) is 4.99 Å². The van der Waals surface area contributed by atoms with Crippen molar-refractivity contribution in [2.45, 2.75) is 0 Å².